The molecule has 1 aromatic rings. The van der Waals surface area contributed by atoms with Gasteiger partial charge in [0, 0.05) is 10.8 Å². The van der Waals surface area contributed by atoms with Gasteiger partial charge in [0.2, 0.25) is 0 Å². The minimum Gasteiger partial charge on any atom is -0.308 e. The van der Waals surface area contributed by atoms with E-state index in [1.165, 1.54) is 42.8 Å². The van der Waals surface area contributed by atoms with Crippen LogP contribution in [0.25, 0.3) is 0 Å². The van der Waals surface area contributed by atoms with Gasteiger partial charge in [-0.15, -0.1) is 11.3 Å². The molecule has 1 fully saturated rings. The van der Waals surface area contributed by atoms with Crippen molar-refractivity contribution in [2.45, 2.75) is 78.2 Å². The van der Waals surface area contributed by atoms with Crippen molar-refractivity contribution < 1.29 is 0 Å². The van der Waals surface area contributed by atoms with Gasteiger partial charge in [-0.25, -0.2) is 4.98 Å². The highest BCUT2D eigenvalue weighted by atomic mass is 32.1. The van der Waals surface area contributed by atoms with E-state index in [1.807, 2.05) is 11.3 Å². The summed E-state index contributed by atoms with van der Waals surface area (Å²) in [5.74, 6) is 1.68. The van der Waals surface area contributed by atoms with Crippen molar-refractivity contribution in [3.05, 3.63) is 16.1 Å². The van der Waals surface area contributed by atoms with Crippen LogP contribution in [0.1, 0.15) is 83.5 Å². The Morgan fingerprint density at radius 2 is 1.95 bits per heavy atom. The van der Waals surface area contributed by atoms with Gasteiger partial charge in [0.15, 0.2) is 0 Å². The van der Waals surface area contributed by atoms with E-state index in [2.05, 4.69) is 45.3 Å². The fraction of sp³-hybridized carbons (Fsp3) is 0.833. The first-order chi connectivity index (χ1) is 9.91. The second kappa shape index (κ2) is 7.23. The van der Waals surface area contributed by atoms with Crippen molar-refractivity contribution >= 4 is 11.3 Å². The molecule has 0 radical (unpaired) electrons. The van der Waals surface area contributed by atoms with Crippen LogP contribution < -0.4 is 5.32 Å². The summed E-state index contributed by atoms with van der Waals surface area (Å²) in [4.78, 5) is 4.99. The zero-order valence-corrected chi connectivity index (χ0v) is 15.2. The summed E-state index contributed by atoms with van der Waals surface area (Å²) in [7, 11) is 0. The molecule has 0 saturated heterocycles. The Bertz CT molecular complexity index is 425. The van der Waals surface area contributed by atoms with Crippen molar-refractivity contribution in [3.8, 4) is 0 Å². The molecule has 1 heterocycles. The predicted octanol–water partition coefficient (Wildman–Crippen LogP) is 5.31. The highest BCUT2D eigenvalue weighted by Gasteiger charge is 2.29. The molecule has 0 bridgehead atoms. The Morgan fingerprint density at radius 3 is 2.48 bits per heavy atom. The first-order valence-electron chi connectivity index (χ1n) is 8.61. The minimum atomic E-state index is 0.158. The molecule has 1 aromatic heterocycles. The fourth-order valence-electron chi connectivity index (χ4n) is 3.15. The molecule has 0 aromatic carbocycles. The third kappa shape index (κ3) is 4.53. The molecule has 2 rings (SSSR count). The average molecular weight is 309 g/mol. The molecule has 1 N–H and O–H groups in total. The molecule has 1 aliphatic rings. The number of hydrogen-bond donors (Lipinski definition) is 1. The topological polar surface area (TPSA) is 24.9 Å². The van der Waals surface area contributed by atoms with E-state index < -0.39 is 0 Å². The first kappa shape index (κ1) is 17.0. The number of hydrogen-bond acceptors (Lipinski definition) is 3. The molecule has 0 amide bonds. The average Bonchev–Trinajstić information content (AvgIpc) is 2.91. The van der Waals surface area contributed by atoms with Crippen LogP contribution in [-0.4, -0.2) is 11.5 Å². The highest BCUT2D eigenvalue weighted by molar-refractivity contribution is 7.09. The summed E-state index contributed by atoms with van der Waals surface area (Å²) in [5, 5.41) is 7.36. The Hall–Kier alpha value is -0.410. The van der Waals surface area contributed by atoms with Gasteiger partial charge in [-0.3, -0.25) is 0 Å². The summed E-state index contributed by atoms with van der Waals surface area (Å²) in [6, 6.07) is 0.471. The van der Waals surface area contributed by atoms with Crippen molar-refractivity contribution in [1.82, 2.24) is 10.3 Å². The number of thiazole rings is 1. The quantitative estimate of drug-likeness (QED) is 0.797. The smallest absolute Gasteiger partial charge is 0.110 e. The SMILES string of the molecule is CCCNC(c1nc(C(C)(C)C)cs1)C1CCC(C)CC1. The molecule has 0 aliphatic heterocycles. The molecule has 3 heteroatoms. The minimum absolute atomic E-state index is 0.158. The number of rotatable bonds is 5. The summed E-state index contributed by atoms with van der Waals surface area (Å²) in [5.41, 5.74) is 1.40. The zero-order chi connectivity index (χ0) is 15.5. The lowest BCUT2D eigenvalue weighted by molar-refractivity contribution is 0.231. The van der Waals surface area contributed by atoms with Crippen LogP contribution in [0.3, 0.4) is 0 Å². The van der Waals surface area contributed by atoms with Crippen molar-refractivity contribution in [3.63, 3.8) is 0 Å². The molecule has 21 heavy (non-hydrogen) atoms. The van der Waals surface area contributed by atoms with Crippen LogP contribution in [-0.2, 0) is 5.41 Å². The molecular weight excluding hydrogens is 276 g/mol. The van der Waals surface area contributed by atoms with Gasteiger partial charge in [-0.05, 0) is 37.6 Å². The lowest BCUT2D eigenvalue weighted by Crippen LogP contribution is -2.31. The predicted molar refractivity (Wildman–Crippen MR) is 93.0 cm³/mol. The number of nitrogens with zero attached hydrogens (tertiary/aromatic N) is 1. The Morgan fingerprint density at radius 1 is 1.29 bits per heavy atom. The van der Waals surface area contributed by atoms with Gasteiger partial charge < -0.3 is 5.32 Å². The number of aromatic nitrogens is 1. The van der Waals surface area contributed by atoms with Gasteiger partial charge >= 0.3 is 0 Å². The third-order valence-electron chi connectivity index (χ3n) is 4.70. The Labute approximate surface area is 134 Å². The molecule has 2 nitrogen and oxygen atoms in total. The van der Waals surface area contributed by atoms with Gasteiger partial charge in [0.25, 0.3) is 0 Å². The van der Waals surface area contributed by atoms with E-state index in [9.17, 15) is 0 Å². The molecule has 1 aliphatic carbocycles. The normalized spacial score (nSPS) is 25.0. The van der Waals surface area contributed by atoms with Crippen LogP contribution >= 0.6 is 11.3 Å². The van der Waals surface area contributed by atoms with E-state index in [0.717, 1.165) is 18.4 Å². The first-order valence-corrected chi connectivity index (χ1v) is 9.49. The Balaban J connectivity index is 2.13. The van der Waals surface area contributed by atoms with Crippen molar-refractivity contribution in [2.75, 3.05) is 6.54 Å². The largest absolute Gasteiger partial charge is 0.308 e. The van der Waals surface area contributed by atoms with Crippen LogP contribution in [0.15, 0.2) is 5.38 Å². The van der Waals surface area contributed by atoms with Crippen LogP contribution in [0.5, 0.6) is 0 Å². The van der Waals surface area contributed by atoms with Gasteiger partial charge in [0.1, 0.15) is 5.01 Å². The lowest BCUT2D eigenvalue weighted by atomic mass is 9.79. The van der Waals surface area contributed by atoms with E-state index >= 15 is 0 Å². The second-order valence-electron chi connectivity index (χ2n) is 7.77. The summed E-state index contributed by atoms with van der Waals surface area (Å²) in [6.45, 7) is 12.5. The van der Waals surface area contributed by atoms with E-state index in [0.29, 0.717) is 6.04 Å². The van der Waals surface area contributed by atoms with Gasteiger partial charge in [-0.1, -0.05) is 47.5 Å². The standard InChI is InChI=1S/C18H32N2S/c1-6-11-19-16(14-9-7-13(2)8-10-14)17-20-15(12-21-17)18(3,4)5/h12-14,16,19H,6-11H2,1-5H3. The van der Waals surface area contributed by atoms with E-state index in [4.69, 9.17) is 4.98 Å². The molecule has 1 saturated carbocycles. The van der Waals surface area contributed by atoms with E-state index in [1.54, 1.807) is 0 Å². The van der Waals surface area contributed by atoms with Gasteiger partial charge in [-0.2, -0.15) is 0 Å². The lowest BCUT2D eigenvalue weighted by Gasteiger charge is -2.32. The summed E-state index contributed by atoms with van der Waals surface area (Å²) < 4.78 is 0. The molecular formula is C18H32N2S. The van der Waals surface area contributed by atoms with Crippen LogP contribution in [0, 0.1) is 11.8 Å². The second-order valence-corrected chi connectivity index (χ2v) is 8.66. The number of nitrogens with one attached hydrogen (secondary N) is 1. The van der Waals surface area contributed by atoms with Crippen molar-refractivity contribution in [1.29, 1.82) is 0 Å². The van der Waals surface area contributed by atoms with E-state index in [-0.39, 0.29) is 5.41 Å². The maximum Gasteiger partial charge on any atom is 0.110 e. The summed E-state index contributed by atoms with van der Waals surface area (Å²) >= 11 is 1.86. The maximum atomic E-state index is 4.99. The zero-order valence-electron chi connectivity index (χ0n) is 14.4. The monoisotopic (exact) mass is 308 g/mol. The van der Waals surface area contributed by atoms with Crippen molar-refractivity contribution in [2.24, 2.45) is 11.8 Å². The van der Waals surface area contributed by atoms with Crippen LogP contribution in [0.2, 0.25) is 0 Å². The fourth-order valence-corrected chi connectivity index (χ4v) is 4.36. The molecule has 1 unspecified atom stereocenters. The molecule has 0 spiro atoms. The maximum absolute atomic E-state index is 4.99. The van der Waals surface area contributed by atoms with Gasteiger partial charge in [0.05, 0.1) is 11.7 Å². The Kier molecular flexibility index (Phi) is 5.84. The molecule has 120 valence electrons. The van der Waals surface area contributed by atoms with Crippen LogP contribution in [0.4, 0.5) is 0 Å². The summed E-state index contributed by atoms with van der Waals surface area (Å²) in [6.07, 6.45) is 6.66. The highest BCUT2D eigenvalue weighted by Crippen LogP contribution is 2.38. The molecule has 1 atom stereocenters. The third-order valence-corrected chi connectivity index (χ3v) is 5.63.